The van der Waals surface area contributed by atoms with Gasteiger partial charge in [0.2, 0.25) is 0 Å². The summed E-state index contributed by atoms with van der Waals surface area (Å²) in [7, 11) is 0. The quantitative estimate of drug-likeness (QED) is 0.325. The van der Waals surface area contributed by atoms with Crippen molar-refractivity contribution < 1.29 is 14.6 Å². The summed E-state index contributed by atoms with van der Waals surface area (Å²) in [6, 6.07) is 19.1. The van der Waals surface area contributed by atoms with Crippen LogP contribution in [0.25, 0.3) is 22.3 Å². The van der Waals surface area contributed by atoms with Crippen LogP contribution in [0, 0.1) is 0 Å². The highest BCUT2D eigenvalue weighted by Gasteiger charge is 2.13. The lowest BCUT2D eigenvalue weighted by molar-refractivity contribution is 0.144. The Morgan fingerprint density at radius 3 is 2.63 bits per heavy atom. The van der Waals surface area contributed by atoms with Gasteiger partial charge in [-0.3, -0.25) is 0 Å². The number of para-hydroxylation sites is 1. The third kappa shape index (κ3) is 4.17. The van der Waals surface area contributed by atoms with E-state index in [0.717, 1.165) is 52.9 Å². The fraction of sp³-hybridized carbons (Fsp3) is 0.208. The minimum atomic E-state index is -1.32. The van der Waals surface area contributed by atoms with Crippen LogP contribution in [0.5, 0.6) is 5.75 Å². The van der Waals surface area contributed by atoms with Gasteiger partial charge in [-0.2, -0.15) is 0 Å². The topological polar surface area (TPSA) is 77.2 Å². The molecule has 6 heteroatoms. The van der Waals surface area contributed by atoms with Crippen molar-refractivity contribution in [1.82, 2.24) is 14.5 Å². The van der Waals surface area contributed by atoms with Crippen molar-refractivity contribution in [2.75, 3.05) is 0 Å². The number of unbranched alkanes of at least 4 members (excludes halogenated alkanes) is 1. The molecule has 0 radical (unpaired) electrons. The third-order valence-electron chi connectivity index (χ3n) is 5.03. The zero-order valence-electron chi connectivity index (χ0n) is 16.8. The molecule has 0 atom stereocenters. The van der Waals surface area contributed by atoms with Gasteiger partial charge in [-0.1, -0.05) is 55.8 Å². The van der Waals surface area contributed by atoms with Gasteiger partial charge in [0.15, 0.2) is 5.65 Å². The molecule has 0 amide bonds. The average Bonchev–Trinajstić information content (AvgIpc) is 3.10. The van der Waals surface area contributed by atoms with Gasteiger partial charge in [0.25, 0.3) is 0 Å². The Balaban J connectivity index is 1.63. The van der Waals surface area contributed by atoms with Crippen LogP contribution >= 0.6 is 0 Å². The standard InChI is InChI=1S/C24H23N3O3/c1-2-3-10-22-26-20-8-6-15-25-23(20)27(22)16-17-11-13-18(14-12-17)19-7-4-5-9-21(19)30-24(28)29/h4-9,11-15H,2-3,10,16H2,1H3,(H,28,29). The van der Waals surface area contributed by atoms with E-state index in [1.165, 1.54) is 0 Å². The summed E-state index contributed by atoms with van der Waals surface area (Å²) in [5, 5.41) is 8.96. The van der Waals surface area contributed by atoms with Crippen molar-refractivity contribution in [3.63, 3.8) is 0 Å². The smallest absolute Gasteiger partial charge is 0.449 e. The van der Waals surface area contributed by atoms with Crippen molar-refractivity contribution in [2.45, 2.75) is 32.7 Å². The van der Waals surface area contributed by atoms with Crippen LogP contribution in [-0.4, -0.2) is 25.8 Å². The number of aromatic nitrogens is 3. The predicted octanol–water partition coefficient (Wildman–Crippen LogP) is 5.55. The van der Waals surface area contributed by atoms with Gasteiger partial charge in [-0.05, 0) is 35.7 Å². The van der Waals surface area contributed by atoms with Gasteiger partial charge in [-0.15, -0.1) is 0 Å². The zero-order valence-corrected chi connectivity index (χ0v) is 16.8. The second-order valence-electron chi connectivity index (χ2n) is 7.12. The normalized spacial score (nSPS) is 11.0. The first-order valence-corrected chi connectivity index (χ1v) is 10.0. The summed E-state index contributed by atoms with van der Waals surface area (Å²) >= 11 is 0. The molecular weight excluding hydrogens is 378 g/mol. The number of fused-ring (bicyclic) bond motifs is 1. The Kier molecular flexibility index (Phi) is 5.75. The molecular formula is C24H23N3O3. The van der Waals surface area contributed by atoms with Crippen LogP contribution in [0.1, 0.15) is 31.2 Å². The van der Waals surface area contributed by atoms with Crippen LogP contribution < -0.4 is 4.74 Å². The van der Waals surface area contributed by atoms with E-state index in [1.54, 1.807) is 18.3 Å². The first-order chi connectivity index (χ1) is 14.7. The molecule has 4 rings (SSSR count). The largest absolute Gasteiger partial charge is 0.511 e. The van der Waals surface area contributed by atoms with Crippen LogP contribution in [0.2, 0.25) is 0 Å². The van der Waals surface area contributed by atoms with Gasteiger partial charge in [0, 0.05) is 18.2 Å². The Morgan fingerprint density at radius 1 is 1.07 bits per heavy atom. The van der Waals surface area contributed by atoms with Crippen LogP contribution in [-0.2, 0) is 13.0 Å². The highest BCUT2D eigenvalue weighted by atomic mass is 16.7. The summed E-state index contributed by atoms with van der Waals surface area (Å²) in [5.41, 5.74) is 4.58. The number of hydrogen-bond donors (Lipinski definition) is 1. The molecule has 1 N–H and O–H groups in total. The number of carbonyl (C=O) groups is 1. The number of carboxylic acid groups (broad SMARTS) is 1. The molecule has 2 heterocycles. The first-order valence-electron chi connectivity index (χ1n) is 10.0. The number of pyridine rings is 1. The Labute approximate surface area is 174 Å². The molecule has 0 aliphatic rings. The minimum absolute atomic E-state index is 0.324. The van der Waals surface area contributed by atoms with E-state index >= 15 is 0 Å². The SMILES string of the molecule is CCCCc1nc2cccnc2n1Cc1ccc(-c2ccccc2OC(=O)O)cc1. The van der Waals surface area contributed by atoms with E-state index in [1.807, 2.05) is 48.5 Å². The lowest BCUT2D eigenvalue weighted by Gasteiger charge is -2.11. The molecule has 152 valence electrons. The van der Waals surface area contributed by atoms with E-state index in [9.17, 15) is 4.79 Å². The van der Waals surface area contributed by atoms with Crippen LogP contribution in [0.4, 0.5) is 4.79 Å². The highest BCUT2D eigenvalue weighted by molar-refractivity contribution is 5.74. The summed E-state index contributed by atoms with van der Waals surface area (Å²) in [6.45, 7) is 2.86. The molecule has 30 heavy (non-hydrogen) atoms. The van der Waals surface area contributed by atoms with Crippen molar-refractivity contribution in [2.24, 2.45) is 0 Å². The van der Waals surface area contributed by atoms with Crippen molar-refractivity contribution >= 4 is 17.3 Å². The van der Waals surface area contributed by atoms with Crippen LogP contribution in [0.3, 0.4) is 0 Å². The molecule has 2 aromatic heterocycles. The Hall–Kier alpha value is -3.67. The molecule has 2 aromatic carbocycles. The first kappa shape index (κ1) is 19.6. The van der Waals surface area contributed by atoms with Gasteiger partial charge >= 0.3 is 6.16 Å². The highest BCUT2D eigenvalue weighted by Crippen LogP contribution is 2.30. The molecule has 4 aromatic rings. The van der Waals surface area contributed by atoms with Crippen molar-refractivity contribution in [3.05, 3.63) is 78.2 Å². The second-order valence-corrected chi connectivity index (χ2v) is 7.12. The monoisotopic (exact) mass is 401 g/mol. The van der Waals surface area contributed by atoms with E-state index in [2.05, 4.69) is 16.5 Å². The lowest BCUT2D eigenvalue weighted by atomic mass is 10.0. The predicted molar refractivity (Wildman–Crippen MR) is 116 cm³/mol. The number of benzene rings is 2. The number of hydrogen-bond acceptors (Lipinski definition) is 4. The van der Waals surface area contributed by atoms with E-state index in [0.29, 0.717) is 12.3 Å². The summed E-state index contributed by atoms with van der Waals surface area (Å²) < 4.78 is 7.09. The van der Waals surface area contributed by atoms with Crippen LogP contribution in [0.15, 0.2) is 66.9 Å². The Morgan fingerprint density at radius 2 is 1.87 bits per heavy atom. The van der Waals surface area contributed by atoms with E-state index < -0.39 is 6.16 Å². The molecule has 0 spiro atoms. The Bertz CT molecular complexity index is 1170. The molecule has 0 aliphatic heterocycles. The summed E-state index contributed by atoms with van der Waals surface area (Å²) in [5.74, 6) is 1.37. The van der Waals surface area contributed by atoms with Crippen molar-refractivity contribution in [1.29, 1.82) is 0 Å². The number of ether oxygens (including phenoxy) is 1. The zero-order chi connectivity index (χ0) is 20.9. The molecule has 0 unspecified atom stereocenters. The number of rotatable bonds is 7. The van der Waals surface area contributed by atoms with Gasteiger partial charge in [0.1, 0.15) is 17.1 Å². The average molecular weight is 401 g/mol. The summed E-state index contributed by atoms with van der Waals surface area (Å²) in [6.07, 6.45) is 3.60. The third-order valence-corrected chi connectivity index (χ3v) is 5.03. The maximum absolute atomic E-state index is 11.0. The molecule has 0 aliphatic carbocycles. The maximum Gasteiger partial charge on any atom is 0.511 e. The van der Waals surface area contributed by atoms with Gasteiger partial charge < -0.3 is 14.4 Å². The lowest BCUT2D eigenvalue weighted by Crippen LogP contribution is -2.06. The molecule has 0 fully saturated rings. The number of nitrogens with zero attached hydrogens (tertiary/aromatic N) is 3. The van der Waals surface area contributed by atoms with Gasteiger partial charge in [-0.25, -0.2) is 14.8 Å². The molecule has 0 saturated carbocycles. The number of aryl methyl sites for hydroxylation is 1. The number of imidazole rings is 1. The van der Waals surface area contributed by atoms with E-state index in [4.69, 9.17) is 14.8 Å². The van der Waals surface area contributed by atoms with Crippen molar-refractivity contribution in [3.8, 4) is 16.9 Å². The maximum atomic E-state index is 11.0. The molecule has 0 saturated heterocycles. The molecule has 6 nitrogen and oxygen atoms in total. The van der Waals surface area contributed by atoms with E-state index in [-0.39, 0.29) is 0 Å². The second kappa shape index (κ2) is 8.78. The minimum Gasteiger partial charge on any atom is -0.449 e. The fourth-order valence-corrected chi connectivity index (χ4v) is 3.56. The fourth-order valence-electron chi connectivity index (χ4n) is 3.56. The summed E-state index contributed by atoms with van der Waals surface area (Å²) in [4.78, 5) is 20.3. The molecule has 0 bridgehead atoms. The van der Waals surface area contributed by atoms with Gasteiger partial charge in [0.05, 0.1) is 6.54 Å².